The van der Waals surface area contributed by atoms with Gasteiger partial charge in [0.1, 0.15) is 5.75 Å². The molecule has 0 bridgehead atoms. The van der Waals surface area contributed by atoms with Gasteiger partial charge in [0.25, 0.3) is 0 Å². The highest BCUT2D eigenvalue weighted by Crippen LogP contribution is 2.40. The van der Waals surface area contributed by atoms with Crippen LogP contribution in [0.25, 0.3) is 0 Å². The van der Waals surface area contributed by atoms with E-state index in [1.54, 1.807) is 6.07 Å². The maximum atomic E-state index is 10.5. The smallest absolute Gasteiger partial charge is 0.115 e. The lowest BCUT2D eigenvalue weighted by atomic mass is 9.68. The topological polar surface area (TPSA) is 43.7 Å². The van der Waals surface area contributed by atoms with Gasteiger partial charge in [0.2, 0.25) is 0 Å². The van der Waals surface area contributed by atoms with Crippen LogP contribution in [-0.4, -0.2) is 40.9 Å². The van der Waals surface area contributed by atoms with Crippen molar-refractivity contribution in [2.75, 3.05) is 19.6 Å². The molecule has 3 heteroatoms. The third kappa shape index (κ3) is 4.38. The highest BCUT2D eigenvalue weighted by molar-refractivity contribution is 5.33. The Bertz CT molecular complexity index is 555. The first kappa shape index (κ1) is 18.7. The molecule has 1 heterocycles. The lowest BCUT2D eigenvalue weighted by Crippen LogP contribution is -2.48. The molecule has 1 aliphatic heterocycles. The molecule has 1 saturated heterocycles. The molecular formula is C22H35NO2. The van der Waals surface area contributed by atoms with Crippen LogP contribution in [0.15, 0.2) is 24.3 Å². The Hall–Kier alpha value is -1.06. The van der Waals surface area contributed by atoms with E-state index in [4.69, 9.17) is 0 Å². The molecule has 0 radical (unpaired) electrons. The standard InChI is InChI=1S/C22H35NO2/c1-17-16-23(13-11-21(25)18-7-4-3-5-8-18)14-12-22(17,2)19-9-6-10-20(24)15-19/h6,9-10,15,17-18,21,24-25H,3-5,7-8,11-14,16H2,1-2H3/t17-,21?,22+/m0/s1. The summed E-state index contributed by atoms with van der Waals surface area (Å²) in [4.78, 5) is 2.53. The number of aliphatic hydroxyl groups is 1. The Morgan fingerprint density at radius 2 is 2.00 bits per heavy atom. The van der Waals surface area contributed by atoms with Crippen LogP contribution >= 0.6 is 0 Å². The Morgan fingerprint density at radius 1 is 1.24 bits per heavy atom. The molecule has 2 N–H and O–H groups in total. The fourth-order valence-electron chi connectivity index (χ4n) is 4.88. The minimum Gasteiger partial charge on any atom is -0.508 e. The molecule has 1 aromatic rings. The summed E-state index contributed by atoms with van der Waals surface area (Å²) >= 11 is 0. The summed E-state index contributed by atoms with van der Waals surface area (Å²) in [5.41, 5.74) is 1.37. The van der Waals surface area contributed by atoms with Crippen molar-refractivity contribution < 1.29 is 10.2 Å². The quantitative estimate of drug-likeness (QED) is 0.835. The van der Waals surface area contributed by atoms with Gasteiger partial charge in [-0.1, -0.05) is 45.2 Å². The van der Waals surface area contributed by atoms with Gasteiger partial charge in [0, 0.05) is 13.1 Å². The predicted octanol–water partition coefficient (Wildman–Crippen LogP) is 4.32. The average Bonchev–Trinajstić information content (AvgIpc) is 2.63. The van der Waals surface area contributed by atoms with E-state index in [2.05, 4.69) is 24.8 Å². The van der Waals surface area contributed by atoms with Gasteiger partial charge in [-0.3, -0.25) is 0 Å². The fraction of sp³-hybridized carbons (Fsp3) is 0.727. The SMILES string of the molecule is C[C@H]1CN(CCC(O)C2CCCCC2)CC[C@@]1(C)c1cccc(O)c1. The third-order valence-corrected chi connectivity index (χ3v) is 7.01. The van der Waals surface area contributed by atoms with Crippen molar-refractivity contribution in [2.24, 2.45) is 11.8 Å². The number of phenolic OH excluding ortho intramolecular Hbond substituents is 1. The molecule has 1 aromatic carbocycles. The zero-order chi connectivity index (χ0) is 17.9. The second-order valence-corrected chi connectivity index (χ2v) is 8.67. The van der Waals surface area contributed by atoms with Crippen LogP contribution in [0.3, 0.4) is 0 Å². The normalized spacial score (nSPS) is 30.3. The number of likely N-dealkylation sites (tertiary alicyclic amines) is 1. The van der Waals surface area contributed by atoms with Gasteiger partial charge in [-0.15, -0.1) is 0 Å². The summed E-state index contributed by atoms with van der Waals surface area (Å²) in [6.07, 6.45) is 8.28. The van der Waals surface area contributed by atoms with Crippen molar-refractivity contribution in [3.8, 4) is 5.75 Å². The number of aromatic hydroxyl groups is 1. The molecule has 1 aliphatic carbocycles. The number of phenols is 1. The van der Waals surface area contributed by atoms with Gasteiger partial charge >= 0.3 is 0 Å². The van der Waals surface area contributed by atoms with Gasteiger partial charge in [-0.05, 0) is 67.2 Å². The van der Waals surface area contributed by atoms with Crippen LogP contribution in [0.2, 0.25) is 0 Å². The van der Waals surface area contributed by atoms with E-state index in [1.165, 1.54) is 37.7 Å². The van der Waals surface area contributed by atoms with Gasteiger partial charge in [0.05, 0.1) is 6.10 Å². The van der Waals surface area contributed by atoms with E-state index < -0.39 is 0 Å². The fourth-order valence-corrected chi connectivity index (χ4v) is 4.88. The van der Waals surface area contributed by atoms with Gasteiger partial charge in [0.15, 0.2) is 0 Å². The van der Waals surface area contributed by atoms with Gasteiger partial charge < -0.3 is 15.1 Å². The largest absolute Gasteiger partial charge is 0.508 e. The third-order valence-electron chi connectivity index (χ3n) is 7.01. The van der Waals surface area contributed by atoms with Crippen LogP contribution < -0.4 is 0 Å². The van der Waals surface area contributed by atoms with Crippen LogP contribution in [0.4, 0.5) is 0 Å². The van der Waals surface area contributed by atoms with Crippen LogP contribution in [0, 0.1) is 11.8 Å². The number of piperidine rings is 1. The molecule has 3 atom stereocenters. The van der Waals surface area contributed by atoms with Crippen molar-refractivity contribution in [1.29, 1.82) is 0 Å². The predicted molar refractivity (Wildman–Crippen MR) is 103 cm³/mol. The second kappa shape index (κ2) is 8.09. The highest BCUT2D eigenvalue weighted by atomic mass is 16.3. The lowest BCUT2D eigenvalue weighted by molar-refractivity contribution is 0.0502. The number of nitrogens with zero attached hydrogens (tertiary/aromatic N) is 1. The molecular weight excluding hydrogens is 310 g/mol. The summed E-state index contributed by atoms with van der Waals surface area (Å²) in [6, 6.07) is 7.78. The van der Waals surface area contributed by atoms with E-state index in [0.717, 1.165) is 32.5 Å². The Morgan fingerprint density at radius 3 is 2.68 bits per heavy atom. The number of hydrogen-bond acceptors (Lipinski definition) is 3. The minimum absolute atomic E-state index is 0.116. The van der Waals surface area contributed by atoms with E-state index in [0.29, 0.717) is 17.6 Å². The summed E-state index contributed by atoms with van der Waals surface area (Å²) in [6.45, 7) is 7.82. The zero-order valence-corrected chi connectivity index (χ0v) is 16.0. The van der Waals surface area contributed by atoms with Crippen molar-refractivity contribution >= 4 is 0 Å². The van der Waals surface area contributed by atoms with Crippen LogP contribution in [0.5, 0.6) is 5.75 Å². The van der Waals surface area contributed by atoms with Gasteiger partial charge in [-0.25, -0.2) is 0 Å². The van der Waals surface area contributed by atoms with Crippen molar-refractivity contribution in [1.82, 2.24) is 4.90 Å². The first-order valence-electron chi connectivity index (χ1n) is 10.2. The van der Waals surface area contributed by atoms with Crippen LogP contribution in [-0.2, 0) is 5.41 Å². The second-order valence-electron chi connectivity index (χ2n) is 8.67. The Labute approximate surface area is 153 Å². The number of benzene rings is 1. The number of rotatable bonds is 5. The molecule has 2 aliphatic rings. The molecule has 140 valence electrons. The van der Waals surface area contributed by atoms with E-state index >= 15 is 0 Å². The average molecular weight is 346 g/mol. The minimum atomic E-state index is -0.116. The van der Waals surface area contributed by atoms with E-state index in [-0.39, 0.29) is 11.5 Å². The molecule has 2 fully saturated rings. The molecule has 25 heavy (non-hydrogen) atoms. The van der Waals surface area contributed by atoms with E-state index in [1.807, 2.05) is 12.1 Å². The summed E-state index contributed by atoms with van der Waals surface area (Å²) < 4.78 is 0. The van der Waals surface area contributed by atoms with Crippen LogP contribution in [0.1, 0.15) is 64.4 Å². The number of hydrogen-bond donors (Lipinski definition) is 2. The van der Waals surface area contributed by atoms with Crippen molar-refractivity contribution in [3.05, 3.63) is 29.8 Å². The molecule has 3 rings (SSSR count). The molecule has 0 spiro atoms. The molecule has 0 amide bonds. The Kier molecular flexibility index (Phi) is 6.06. The summed E-state index contributed by atoms with van der Waals surface area (Å²) in [5.74, 6) is 1.44. The maximum absolute atomic E-state index is 10.5. The van der Waals surface area contributed by atoms with Crippen molar-refractivity contribution in [2.45, 2.75) is 70.3 Å². The number of aliphatic hydroxyl groups excluding tert-OH is 1. The van der Waals surface area contributed by atoms with Gasteiger partial charge in [-0.2, -0.15) is 0 Å². The molecule has 3 nitrogen and oxygen atoms in total. The first-order valence-corrected chi connectivity index (χ1v) is 10.2. The monoisotopic (exact) mass is 345 g/mol. The zero-order valence-electron chi connectivity index (χ0n) is 16.0. The maximum Gasteiger partial charge on any atom is 0.115 e. The summed E-state index contributed by atoms with van der Waals surface area (Å²) in [5, 5.41) is 20.4. The Balaban J connectivity index is 1.53. The first-order chi connectivity index (χ1) is 12.0. The van der Waals surface area contributed by atoms with Crippen molar-refractivity contribution in [3.63, 3.8) is 0 Å². The molecule has 1 saturated carbocycles. The lowest BCUT2D eigenvalue weighted by Gasteiger charge is -2.45. The highest BCUT2D eigenvalue weighted by Gasteiger charge is 2.38. The molecule has 1 unspecified atom stereocenters. The van der Waals surface area contributed by atoms with E-state index in [9.17, 15) is 10.2 Å². The molecule has 0 aromatic heterocycles. The summed E-state index contributed by atoms with van der Waals surface area (Å²) in [7, 11) is 0.